The van der Waals surface area contributed by atoms with Crippen LogP contribution < -0.4 is 0 Å². The van der Waals surface area contributed by atoms with Gasteiger partial charge in [0.1, 0.15) is 0 Å². The van der Waals surface area contributed by atoms with E-state index in [0.717, 1.165) is 25.0 Å². The SMILES string of the molecule is Cc1cccc(C2CCN(C[C@@H]3C[C@H](COCc4ccccc4)C3(C)C)CC2)c1. The van der Waals surface area contributed by atoms with Crippen molar-refractivity contribution in [2.75, 3.05) is 26.2 Å². The van der Waals surface area contributed by atoms with Crippen LogP contribution in [0.25, 0.3) is 0 Å². The summed E-state index contributed by atoms with van der Waals surface area (Å²) in [6.07, 6.45) is 3.93. The third-order valence-electron chi connectivity index (χ3n) is 7.68. The molecule has 4 rings (SSSR count). The van der Waals surface area contributed by atoms with E-state index in [9.17, 15) is 0 Å². The van der Waals surface area contributed by atoms with Gasteiger partial charge in [-0.1, -0.05) is 74.0 Å². The van der Waals surface area contributed by atoms with E-state index in [-0.39, 0.29) is 0 Å². The van der Waals surface area contributed by atoms with E-state index in [1.54, 1.807) is 5.56 Å². The Morgan fingerprint density at radius 2 is 1.72 bits per heavy atom. The molecule has 156 valence electrons. The lowest BCUT2D eigenvalue weighted by Crippen LogP contribution is -2.52. The molecule has 1 aliphatic heterocycles. The Labute approximate surface area is 177 Å². The van der Waals surface area contributed by atoms with E-state index in [0.29, 0.717) is 11.3 Å². The fourth-order valence-corrected chi connectivity index (χ4v) is 5.29. The smallest absolute Gasteiger partial charge is 0.0717 e. The molecule has 1 saturated heterocycles. The maximum atomic E-state index is 6.06. The first-order valence-electron chi connectivity index (χ1n) is 11.4. The summed E-state index contributed by atoms with van der Waals surface area (Å²) in [5.41, 5.74) is 4.60. The van der Waals surface area contributed by atoms with Crippen molar-refractivity contribution in [3.63, 3.8) is 0 Å². The molecule has 0 bridgehead atoms. The van der Waals surface area contributed by atoms with Crippen LogP contribution >= 0.6 is 0 Å². The highest BCUT2D eigenvalue weighted by atomic mass is 16.5. The lowest BCUT2D eigenvalue weighted by Gasteiger charge is -2.54. The van der Waals surface area contributed by atoms with Crippen LogP contribution in [0.15, 0.2) is 54.6 Å². The third kappa shape index (κ3) is 4.92. The van der Waals surface area contributed by atoms with Crippen LogP contribution in [0.1, 0.15) is 55.7 Å². The minimum absolute atomic E-state index is 0.393. The highest BCUT2D eigenvalue weighted by Gasteiger charge is 2.48. The lowest BCUT2D eigenvalue weighted by molar-refractivity contribution is -0.0872. The second-order valence-electron chi connectivity index (χ2n) is 9.94. The minimum atomic E-state index is 0.393. The molecule has 1 heterocycles. The lowest BCUT2D eigenvalue weighted by atomic mass is 9.55. The van der Waals surface area contributed by atoms with Crippen molar-refractivity contribution >= 4 is 0 Å². The molecule has 2 fully saturated rings. The molecule has 2 aliphatic rings. The maximum Gasteiger partial charge on any atom is 0.0717 e. The van der Waals surface area contributed by atoms with Gasteiger partial charge in [-0.15, -0.1) is 0 Å². The Bertz CT molecular complexity index is 776. The van der Waals surface area contributed by atoms with Crippen molar-refractivity contribution in [2.24, 2.45) is 17.3 Å². The topological polar surface area (TPSA) is 12.5 Å². The standard InChI is InChI=1S/C27H37NO/c1-21-8-7-11-24(16-21)23-12-14-28(15-13-23)18-25-17-26(27(25,2)3)20-29-19-22-9-5-4-6-10-22/h4-11,16,23,25-26H,12-15,17-20H2,1-3H3/t25-,26+/m0/s1. The largest absolute Gasteiger partial charge is 0.376 e. The van der Waals surface area contributed by atoms with Gasteiger partial charge in [-0.25, -0.2) is 0 Å². The molecule has 0 unspecified atom stereocenters. The summed E-state index contributed by atoms with van der Waals surface area (Å²) in [4.78, 5) is 2.72. The van der Waals surface area contributed by atoms with E-state index in [4.69, 9.17) is 4.74 Å². The average Bonchev–Trinajstić information content (AvgIpc) is 2.74. The zero-order chi connectivity index (χ0) is 20.3. The summed E-state index contributed by atoms with van der Waals surface area (Å²) < 4.78 is 6.06. The van der Waals surface area contributed by atoms with Gasteiger partial charge >= 0.3 is 0 Å². The van der Waals surface area contributed by atoms with Gasteiger partial charge < -0.3 is 9.64 Å². The Morgan fingerprint density at radius 1 is 0.966 bits per heavy atom. The van der Waals surface area contributed by atoms with Crippen LogP contribution in [0, 0.1) is 24.2 Å². The number of benzene rings is 2. The molecule has 2 atom stereocenters. The molecule has 2 aromatic rings. The van der Waals surface area contributed by atoms with Crippen molar-refractivity contribution in [3.05, 3.63) is 71.3 Å². The van der Waals surface area contributed by atoms with Crippen LogP contribution in [0.3, 0.4) is 0 Å². The predicted molar refractivity (Wildman–Crippen MR) is 121 cm³/mol. The van der Waals surface area contributed by atoms with Crippen LogP contribution in [-0.4, -0.2) is 31.1 Å². The molecular formula is C27H37NO. The van der Waals surface area contributed by atoms with E-state index in [2.05, 4.69) is 80.3 Å². The van der Waals surface area contributed by atoms with E-state index in [1.807, 2.05) is 0 Å². The van der Waals surface area contributed by atoms with Gasteiger partial charge in [0.15, 0.2) is 0 Å². The molecule has 29 heavy (non-hydrogen) atoms. The summed E-state index contributed by atoms with van der Waals surface area (Å²) in [5, 5.41) is 0. The first-order valence-corrected chi connectivity index (χ1v) is 11.4. The summed E-state index contributed by atoms with van der Waals surface area (Å²) in [6.45, 7) is 12.5. The number of rotatable bonds is 7. The number of likely N-dealkylation sites (tertiary alicyclic amines) is 1. The van der Waals surface area contributed by atoms with Gasteiger partial charge in [0.25, 0.3) is 0 Å². The molecule has 0 spiro atoms. The molecule has 1 saturated carbocycles. The van der Waals surface area contributed by atoms with Gasteiger partial charge in [0, 0.05) is 6.54 Å². The Balaban J connectivity index is 1.20. The monoisotopic (exact) mass is 391 g/mol. The van der Waals surface area contributed by atoms with Crippen LogP contribution in [0.4, 0.5) is 0 Å². The quantitative estimate of drug-likeness (QED) is 0.569. The van der Waals surface area contributed by atoms with Gasteiger partial charge in [0.05, 0.1) is 13.2 Å². The predicted octanol–water partition coefficient (Wildman–Crippen LogP) is 6.05. The van der Waals surface area contributed by atoms with Gasteiger partial charge in [0.2, 0.25) is 0 Å². The number of hydrogen-bond donors (Lipinski definition) is 0. The first-order chi connectivity index (χ1) is 14.0. The summed E-state index contributed by atoms with van der Waals surface area (Å²) in [5.74, 6) is 2.25. The summed E-state index contributed by atoms with van der Waals surface area (Å²) >= 11 is 0. The molecule has 0 radical (unpaired) electrons. The first kappa shape index (κ1) is 20.6. The molecule has 0 amide bonds. The fourth-order valence-electron chi connectivity index (χ4n) is 5.29. The molecular weight excluding hydrogens is 354 g/mol. The highest BCUT2D eigenvalue weighted by molar-refractivity contribution is 5.26. The van der Waals surface area contributed by atoms with Gasteiger partial charge in [-0.3, -0.25) is 0 Å². The van der Waals surface area contributed by atoms with Crippen molar-refractivity contribution in [2.45, 2.75) is 52.6 Å². The zero-order valence-electron chi connectivity index (χ0n) is 18.4. The Morgan fingerprint density at radius 3 is 2.41 bits per heavy atom. The zero-order valence-corrected chi connectivity index (χ0v) is 18.4. The second-order valence-corrected chi connectivity index (χ2v) is 9.94. The van der Waals surface area contributed by atoms with Crippen LogP contribution in [0.2, 0.25) is 0 Å². The normalized spacial score (nSPS) is 24.9. The molecule has 2 heteroatoms. The maximum absolute atomic E-state index is 6.06. The van der Waals surface area contributed by atoms with E-state index in [1.165, 1.54) is 50.0 Å². The highest BCUT2D eigenvalue weighted by Crippen LogP contribution is 2.52. The molecule has 0 aromatic heterocycles. The Hall–Kier alpha value is -1.64. The summed E-state index contributed by atoms with van der Waals surface area (Å²) in [7, 11) is 0. The number of ether oxygens (including phenoxy) is 1. The molecule has 2 nitrogen and oxygen atoms in total. The Kier molecular flexibility index (Phi) is 6.41. The molecule has 0 N–H and O–H groups in total. The fraction of sp³-hybridized carbons (Fsp3) is 0.556. The molecule has 2 aromatic carbocycles. The van der Waals surface area contributed by atoms with Crippen LogP contribution in [0.5, 0.6) is 0 Å². The second kappa shape index (κ2) is 9.02. The van der Waals surface area contributed by atoms with Crippen molar-refractivity contribution in [1.82, 2.24) is 4.90 Å². The number of nitrogens with zero attached hydrogens (tertiary/aromatic N) is 1. The van der Waals surface area contributed by atoms with Gasteiger partial charge in [-0.05, 0) is 73.6 Å². The van der Waals surface area contributed by atoms with Crippen LogP contribution in [-0.2, 0) is 11.3 Å². The average molecular weight is 392 g/mol. The van der Waals surface area contributed by atoms with E-state index >= 15 is 0 Å². The van der Waals surface area contributed by atoms with Crippen molar-refractivity contribution in [1.29, 1.82) is 0 Å². The minimum Gasteiger partial charge on any atom is -0.376 e. The van der Waals surface area contributed by atoms with Gasteiger partial charge in [-0.2, -0.15) is 0 Å². The van der Waals surface area contributed by atoms with E-state index < -0.39 is 0 Å². The van der Waals surface area contributed by atoms with Crippen molar-refractivity contribution in [3.8, 4) is 0 Å². The number of piperidine rings is 1. The number of aryl methyl sites for hydroxylation is 1. The summed E-state index contributed by atoms with van der Waals surface area (Å²) in [6, 6.07) is 19.7. The third-order valence-corrected chi connectivity index (χ3v) is 7.68. The molecule has 1 aliphatic carbocycles. The number of hydrogen-bond acceptors (Lipinski definition) is 2. The van der Waals surface area contributed by atoms with Crippen molar-refractivity contribution < 1.29 is 4.74 Å².